The monoisotopic (exact) mass is 466 g/mol. The fraction of sp³-hybridized carbons (Fsp3) is 0.240. The molecule has 1 aliphatic heterocycles. The molecule has 0 aliphatic carbocycles. The number of ether oxygens (including phenoxy) is 2. The van der Waals surface area contributed by atoms with Crippen LogP contribution in [0.3, 0.4) is 0 Å². The minimum Gasteiger partial charge on any atom is -0.489 e. The Morgan fingerprint density at radius 1 is 1.09 bits per heavy atom. The van der Waals surface area contributed by atoms with Crippen LogP contribution in [0.1, 0.15) is 17.5 Å². The van der Waals surface area contributed by atoms with E-state index in [9.17, 15) is 13.2 Å². The highest BCUT2D eigenvalue weighted by atomic mass is 32.2. The average molecular weight is 467 g/mol. The minimum atomic E-state index is -3.51. The molecular weight excluding hydrogens is 440 g/mol. The van der Waals surface area contributed by atoms with Crippen LogP contribution in [0, 0.1) is 6.92 Å². The second-order valence-electron chi connectivity index (χ2n) is 7.99. The molecule has 0 spiro atoms. The lowest BCUT2D eigenvalue weighted by Crippen LogP contribution is -2.35. The van der Waals surface area contributed by atoms with Gasteiger partial charge in [-0.1, -0.05) is 36.4 Å². The summed E-state index contributed by atoms with van der Waals surface area (Å²) in [5, 5.41) is 2.85. The Balaban J connectivity index is 1.42. The van der Waals surface area contributed by atoms with Gasteiger partial charge in [0.15, 0.2) is 6.10 Å². The van der Waals surface area contributed by atoms with Crippen molar-refractivity contribution in [3.63, 3.8) is 0 Å². The molecule has 8 heteroatoms. The summed E-state index contributed by atoms with van der Waals surface area (Å²) in [6, 6.07) is 22.2. The highest BCUT2D eigenvalue weighted by molar-refractivity contribution is 7.92. The summed E-state index contributed by atoms with van der Waals surface area (Å²) in [4.78, 5) is 12.9. The van der Waals surface area contributed by atoms with E-state index in [1.165, 1.54) is 4.31 Å². The summed E-state index contributed by atoms with van der Waals surface area (Å²) < 4.78 is 37.6. The van der Waals surface area contributed by atoms with Gasteiger partial charge in [0.1, 0.15) is 18.1 Å². The summed E-state index contributed by atoms with van der Waals surface area (Å²) in [7, 11) is -3.51. The molecule has 0 aromatic heterocycles. The van der Waals surface area contributed by atoms with Gasteiger partial charge in [0.2, 0.25) is 10.0 Å². The Hall–Kier alpha value is -3.52. The largest absolute Gasteiger partial charge is 0.489 e. The predicted octanol–water partition coefficient (Wildman–Crippen LogP) is 4.13. The number of anilines is 2. The van der Waals surface area contributed by atoms with Crippen molar-refractivity contribution in [2.45, 2.75) is 26.1 Å². The van der Waals surface area contributed by atoms with Crippen LogP contribution >= 0.6 is 0 Å². The van der Waals surface area contributed by atoms with Crippen molar-refractivity contribution in [1.29, 1.82) is 0 Å². The molecule has 1 N–H and O–H groups in total. The van der Waals surface area contributed by atoms with Crippen LogP contribution in [0.4, 0.5) is 11.4 Å². The lowest BCUT2D eigenvalue weighted by Gasteiger charge is -2.21. The van der Waals surface area contributed by atoms with E-state index in [1.807, 2.05) is 43.3 Å². The number of benzene rings is 3. The summed E-state index contributed by atoms with van der Waals surface area (Å²) >= 11 is 0. The third-order valence-corrected chi connectivity index (χ3v) is 6.49. The average Bonchev–Trinajstić information content (AvgIpc) is 2.99. The van der Waals surface area contributed by atoms with Crippen LogP contribution in [0.25, 0.3) is 0 Å². The van der Waals surface area contributed by atoms with Gasteiger partial charge in [-0.25, -0.2) is 8.42 Å². The third-order valence-electron chi connectivity index (χ3n) is 5.31. The lowest BCUT2D eigenvalue weighted by molar-refractivity contribution is -0.122. The van der Waals surface area contributed by atoms with Crippen molar-refractivity contribution in [3.8, 4) is 11.5 Å². The maximum Gasteiger partial charge on any atom is 0.265 e. The molecule has 33 heavy (non-hydrogen) atoms. The van der Waals surface area contributed by atoms with Crippen molar-refractivity contribution in [2.24, 2.45) is 0 Å². The van der Waals surface area contributed by atoms with E-state index >= 15 is 0 Å². The first kappa shape index (κ1) is 22.7. The fourth-order valence-corrected chi connectivity index (χ4v) is 4.55. The molecule has 1 amide bonds. The van der Waals surface area contributed by atoms with Crippen molar-refractivity contribution < 1.29 is 22.7 Å². The summed E-state index contributed by atoms with van der Waals surface area (Å²) in [5.74, 6) is 0.721. The van der Waals surface area contributed by atoms with E-state index in [1.54, 1.807) is 36.4 Å². The molecule has 4 rings (SSSR count). The van der Waals surface area contributed by atoms with Crippen LogP contribution in [0.15, 0.2) is 72.8 Å². The maximum absolute atomic E-state index is 12.9. The van der Waals surface area contributed by atoms with Crippen molar-refractivity contribution in [3.05, 3.63) is 83.9 Å². The van der Waals surface area contributed by atoms with Gasteiger partial charge in [-0.3, -0.25) is 9.10 Å². The van der Waals surface area contributed by atoms with E-state index in [0.717, 1.165) is 17.4 Å². The second kappa shape index (κ2) is 9.54. The molecule has 7 nitrogen and oxygen atoms in total. The first-order chi connectivity index (χ1) is 15.8. The van der Waals surface area contributed by atoms with E-state index in [4.69, 9.17) is 9.47 Å². The maximum atomic E-state index is 12.9. The predicted molar refractivity (Wildman–Crippen MR) is 128 cm³/mol. The third kappa shape index (κ3) is 5.64. The number of carbonyl (C=O) groups is 1. The Bertz CT molecular complexity index is 1230. The Morgan fingerprint density at radius 3 is 2.52 bits per heavy atom. The summed E-state index contributed by atoms with van der Waals surface area (Å²) in [6.45, 7) is 2.49. The molecule has 0 saturated heterocycles. The first-order valence-corrected chi connectivity index (χ1v) is 12.5. The quantitative estimate of drug-likeness (QED) is 0.591. The van der Waals surface area contributed by atoms with Crippen LogP contribution in [0.2, 0.25) is 0 Å². The van der Waals surface area contributed by atoms with Crippen molar-refractivity contribution in [2.75, 3.05) is 22.4 Å². The molecule has 0 fully saturated rings. The Labute approximate surface area is 194 Å². The molecule has 3 aromatic carbocycles. The summed E-state index contributed by atoms with van der Waals surface area (Å²) in [5.41, 5.74) is 3.03. The number of sulfonamides is 1. The molecule has 1 atom stereocenters. The van der Waals surface area contributed by atoms with E-state index in [-0.39, 0.29) is 18.9 Å². The smallest absolute Gasteiger partial charge is 0.265 e. The number of nitrogens with zero attached hydrogens (tertiary/aromatic N) is 1. The van der Waals surface area contributed by atoms with Crippen LogP contribution in [0.5, 0.6) is 11.5 Å². The molecule has 0 saturated carbocycles. The van der Waals surface area contributed by atoms with Gasteiger partial charge in [-0.15, -0.1) is 0 Å². The number of amides is 1. The molecule has 172 valence electrons. The highest BCUT2D eigenvalue weighted by Gasteiger charge is 2.31. The van der Waals surface area contributed by atoms with Gasteiger partial charge >= 0.3 is 0 Å². The van der Waals surface area contributed by atoms with Gasteiger partial charge < -0.3 is 14.8 Å². The molecule has 0 bridgehead atoms. The van der Waals surface area contributed by atoms with E-state index < -0.39 is 16.1 Å². The fourth-order valence-electron chi connectivity index (χ4n) is 3.62. The Kier molecular flexibility index (Phi) is 6.55. The number of rotatable bonds is 6. The highest BCUT2D eigenvalue weighted by Crippen LogP contribution is 2.35. The van der Waals surface area contributed by atoms with E-state index in [0.29, 0.717) is 29.5 Å². The molecule has 0 radical (unpaired) electrons. The molecular formula is C25H26N2O5S. The number of fused-ring (bicyclic) bond motifs is 1. The number of carbonyl (C=O) groups excluding carboxylic acids is 1. The summed E-state index contributed by atoms with van der Waals surface area (Å²) in [6.07, 6.45) is 0.554. The number of aryl methyl sites for hydroxylation is 1. The zero-order valence-corrected chi connectivity index (χ0v) is 19.3. The number of nitrogens with one attached hydrogen (secondary N) is 1. The molecule has 1 unspecified atom stereocenters. The minimum absolute atomic E-state index is 0.152. The van der Waals surface area contributed by atoms with Crippen molar-refractivity contribution >= 4 is 27.3 Å². The topological polar surface area (TPSA) is 84.9 Å². The van der Waals surface area contributed by atoms with E-state index in [2.05, 4.69) is 5.32 Å². The van der Waals surface area contributed by atoms with Crippen LogP contribution in [-0.2, 0) is 21.4 Å². The molecule has 1 aliphatic rings. The number of hydrogen-bond acceptors (Lipinski definition) is 5. The van der Waals surface area contributed by atoms with Gasteiger partial charge in [-0.2, -0.15) is 0 Å². The SMILES string of the molecule is Cc1ccc2c(c1)N(S(C)(=O)=O)CCC(C(=O)Nc1ccc(OCc3ccccc3)cc1)O2. The Morgan fingerprint density at radius 2 is 1.82 bits per heavy atom. The first-order valence-electron chi connectivity index (χ1n) is 10.6. The van der Waals surface area contributed by atoms with Crippen LogP contribution < -0.4 is 19.1 Å². The van der Waals surface area contributed by atoms with Gasteiger partial charge in [0.05, 0.1) is 11.9 Å². The van der Waals surface area contributed by atoms with Gasteiger partial charge in [0.25, 0.3) is 5.91 Å². The van der Waals surface area contributed by atoms with Crippen molar-refractivity contribution in [1.82, 2.24) is 0 Å². The van der Waals surface area contributed by atoms with Gasteiger partial charge in [0, 0.05) is 18.7 Å². The normalized spacial score (nSPS) is 15.7. The molecule has 1 heterocycles. The standard InChI is InChI=1S/C25H26N2O5S/c1-18-8-13-23-22(16-18)27(33(2,29)30)15-14-24(32-23)25(28)26-20-9-11-21(12-10-20)31-17-19-6-4-3-5-7-19/h3-13,16,24H,14-15,17H2,1-2H3,(H,26,28). The zero-order valence-electron chi connectivity index (χ0n) is 18.5. The van der Waals surface area contributed by atoms with Gasteiger partial charge in [-0.05, 0) is 54.4 Å². The lowest BCUT2D eigenvalue weighted by atomic mass is 10.2. The molecule has 3 aromatic rings. The zero-order chi connectivity index (χ0) is 23.4. The number of hydrogen-bond donors (Lipinski definition) is 1. The van der Waals surface area contributed by atoms with Crippen LogP contribution in [-0.4, -0.2) is 33.2 Å². The second-order valence-corrected chi connectivity index (χ2v) is 9.90.